The number of carbonyl (C=O) groups is 2. The normalized spacial score (nSPS) is 16.0. The van der Waals surface area contributed by atoms with Crippen molar-refractivity contribution in [2.45, 2.75) is 19.9 Å². The first kappa shape index (κ1) is 18.9. The van der Waals surface area contributed by atoms with Crippen LogP contribution >= 0.6 is 0 Å². The van der Waals surface area contributed by atoms with Gasteiger partial charge in [-0.1, -0.05) is 12.1 Å². The van der Waals surface area contributed by atoms with Gasteiger partial charge in [-0.15, -0.1) is 0 Å². The number of phenols is 1. The Morgan fingerprint density at radius 3 is 2.33 bits per heavy atom. The van der Waals surface area contributed by atoms with Crippen LogP contribution in [0.2, 0.25) is 0 Å². The third kappa shape index (κ3) is 4.65. The molecule has 27 heavy (non-hydrogen) atoms. The number of Topliss-reactive ketones (excluding diaryl/α,β-unsaturated/α-hetero) is 1. The molecule has 0 radical (unpaired) electrons. The van der Waals surface area contributed by atoms with Crippen LogP contribution in [0.15, 0.2) is 48.5 Å². The summed E-state index contributed by atoms with van der Waals surface area (Å²) in [5.41, 5.74) is 2.30. The van der Waals surface area contributed by atoms with E-state index in [4.69, 9.17) is 0 Å². The number of hydrogen-bond acceptors (Lipinski definition) is 5. The van der Waals surface area contributed by atoms with E-state index in [0.29, 0.717) is 11.3 Å². The van der Waals surface area contributed by atoms with Crippen LogP contribution in [-0.4, -0.2) is 53.9 Å². The zero-order valence-electron chi connectivity index (χ0n) is 15.7. The Hall–Kier alpha value is -2.86. The summed E-state index contributed by atoms with van der Waals surface area (Å²) in [6.45, 7) is 6.62. The average Bonchev–Trinajstić information content (AvgIpc) is 2.68. The summed E-state index contributed by atoms with van der Waals surface area (Å²) in [5.74, 6) is 0.162. The Bertz CT molecular complexity index is 812. The van der Waals surface area contributed by atoms with Gasteiger partial charge in [-0.05, 0) is 50.2 Å². The number of piperazine rings is 1. The molecule has 0 aliphatic carbocycles. The molecule has 1 atom stereocenters. The molecule has 0 saturated carbocycles. The molecule has 142 valence electrons. The van der Waals surface area contributed by atoms with Gasteiger partial charge in [0.2, 0.25) is 5.91 Å². The number of hydrogen-bond donors (Lipinski definition) is 2. The summed E-state index contributed by atoms with van der Waals surface area (Å²) < 4.78 is 0. The second-order valence-corrected chi connectivity index (χ2v) is 6.84. The first-order valence-electron chi connectivity index (χ1n) is 9.14. The Balaban J connectivity index is 1.56. The summed E-state index contributed by atoms with van der Waals surface area (Å²) >= 11 is 0. The lowest BCUT2D eigenvalue weighted by Crippen LogP contribution is -2.52. The molecule has 2 N–H and O–H groups in total. The number of nitrogens with one attached hydrogen (secondary N) is 1. The first-order chi connectivity index (χ1) is 12.9. The summed E-state index contributed by atoms with van der Waals surface area (Å²) in [5, 5.41) is 12.3. The van der Waals surface area contributed by atoms with Gasteiger partial charge in [-0.25, -0.2) is 0 Å². The van der Waals surface area contributed by atoms with Gasteiger partial charge in [0, 0.05) is 43.1 Å². The van der Waals surface area contributed by atoms with Crippen molar-refractivity contribution in [1.29, 1.82) is 0 Å². The maximum absolute atomic E-state index is 12.6. The van der Waals surface area contributed by atoms with Crippen molar-refractivity contribution in [3.05, 3.63) is 54.1 Å². The lowest BCUT2D eigenvalue weighted by atomic mass is 10.1. The minimum atomic E-state index is -0.257. The standard InChI is InChI=1S/C21H25N3O3/c1-15(21(27)22-18-5-3-4-17(14-18)16(2)25)23-10-12-24(13-11-23)19-6-8-20(26)9-7-19/h3-9,14-15,26H,10-13H2,1-2H3,(H,22,27)/t15-/m0/s1. The number of anilines is 2. The van der Waals surface area contributed by atoms with Gasteiger partial charge < -0.3 is 15.3 Å². The Morgan fingerprint density at radius 2 is 1.70 bits per heavy atom. The molecule has 1 fully saturated rings. The van der Waals surface area contributed by atoms with Gasteiger partial charge in [0.15, 0.2) is 5.78 Å². The zero-order valence-corrected chi connectivity index (χ0v) is 15.7. The van der Waals surface area contributed by atoms with Gasteiger partial charge in [0.1, 0.15) is 5.75 Å². The number of nitrogens with zero attached hydrogens (tertiary/aromatic N) is 2. The topological polar surface area (TPSA) is 72.9 Å². The zero-order chi connectivity index (χ0) is 19.4. The maximum atomic E-state index is 12.6. The average molecular weight is 367 g/mol. The van der Waals surface area contributed by atoms with Crippen molar-refractivity contribution >= 4 is 23.1 Å². The largest absolute Gasteiger partial charge is 0.508 e. The molecular weight excluding hydrogens is 342 g/mol. The molecule has 6 heteroatoms. The van der Waals surface area contributed by atoms with Gasteiger partial charge >= 0.3 is 0 Å². The van der Waals surface area contributed by atoms with Crippen LogP contribution in [0.3, 0.4) is 0 Å². The highest BCUT2D eigenvalue weighted by Crippen LogP contribution is 2.20. The minimum Gasteiger partial charge on any atom is -0.508 e. The first-order valence-corrected chi connectivity index (χ1v) is 9.14. The van der Waals surface area contributed by atoms with E-state index < -0.39 is 0 Å². The van der Waals surface area contributed by atoms with Gasteiger partial charge in [0.25, 0.3) is 0 Å². The molecule has 0 unspecified atom stereocenters. The fraction of sp³-hybridized carbons (Fsp3) is 0.333. The highest BCUT2D eigenvalue weighted by atomic mass is 16.3. The number of amides is 1. The molecule has 1 saturated heterocycles. The lowest BCUT2D eigenvalue weighted by molar-refractivity contribution is -0.120. The molecular formula is C21H25N3O3. The van der Waals surface area contributed by atoms with Crippen LogP contribution in [0.5, 0.6) is 5.75 Å². The number of ketones is 1. The molecule has 1 aliphatic heterocycles. The summed E-state index contributed by atoms with van der Waals surface area (Å²) in [7, 11) is 0. The highest BCUT2D eigenvalue weighted by Gasteiger charge is 2.25. The van der Waals surface area contributed by atoms with Crippen LogP contribution in [0, 0.1) is 0 Å². The molecule has 1 amide bonds. The lowest BCUT2D eigenvalue weighted by Gasteiger charge is -2.38. The number of aromatic hydroxyl groups is 1. The Morgan fingerprint density at radius 1 is 1.04 bits per heavy atom. The van der Waals surface area contributed by atoms with E-state index in [1.54, 1.807) is 36.4 Å². The van der Waals surface area contributed by atoms with Gasteiger partial charge in [0.05, 0.1) is 6.04 Å². The molecule has 2 aromatic carbocycles. The van der Waals surface area contributed by atoms with E-state index in [-0.39, 0.29) is 23.5 Å². The van der Waals surface area contributed by atoms with Crippen molar-refractivity contribution in [2.24, 2.45) is 0 Å². The number of benzene rings is 2. The predicted molar refractivity (Wildman–Crippen MR) is 106 cm³/mol. The molecule has 1 aliphatic rings. The fourth-order valence-electron chi connectivity index (χ4n) is 3.26. The van der Waals surface area contributed by atoms with E-state index in [2.05, 4.69) is 15.1 Å². The van der Waals surface area contributed by atoms with E-state index in [1.807, 2.05) is 19.1 Å². The maximum Gasteiger partial charge on any atom is 0.241 e. The van der Waals surface area contributed by atoms with Crippen molar-refractivity contribution in [3.63, 3.8) is 0 Å². The monoisotopic (exact) mass is 367 g/mol. The molecule has 6 nitrogen and oxygen atoms in total. The van der Waals surface area contributed by atoms with E-state index in [0.717, 1.165) is 31.9 Å². The second kappa shape index (κ2) is 8.22. The number of carbonyl (C=O) groups excluding carboxylic acids is 2. The minimum absolute atomic E-state index is 0.0236. The predicted octanol–water partition coefficient (Wildman–Crippen LogP) is 2.74. The third-order valence-electron chi connectivity index (χ3n) is 4.99. The molecule has 0 aromatic heterocycles. The van der Waals surface area contributed by atoms with Gasteiger partial charge in [-0.3, -0.25) is 14.5 Å². The Labute approximate surface area is 159 Å². The third-order valence-corrected chi connectivity index (χ3v) is 4.99. The SMILES string of the molecule is CC(=O)c1cccc(NC(=O)[C@H](C)N2CCN(c3ccc(O)cc3)CC2)c1. The fourth-order valence-corrected chi connectivity index (χ4v) is 3.26. The molecule has 0 bridgehead atoms. The highest BCUT2D eigenvalue weighted by molar-refractivity contribution is 5.98. The van der Waals surface area contributed by atoms with Crippen molar-refractivity contribution in [1.82, 2.24) is 4.90 Å². The molecule has 0 spiro atoms. The summed E-state index contributed by atoms with van der Waals surface area (Å²) in [4.78, 5) is 28.5. The molecule has 2 aromatic rings. The van der Waals surface area contributed by atoms with Crippen molar-refractivity contribution < 1.29 is 14.7 Å². The smallest absolute Gasteiger partial charge is 0.241 e. The van der Waals surface area contributed by atoms with Crippen LogP contribution < -0.4 is 10.2 Å². The second-order valence-electron chi connectivity index (χ2n) is 6.84. The molecule has 1 heterocycles. The van der Waals surface area contributed by atoms with Crippen LogP contribution in [0.1, 0.15) is 24.2 Å². The van der Waals surface area contributed by atoms with Crippen molar-refractivity contribution in [2.75, 3.05) is 36.4 Å². The van der Waals surface area contributed by atoms with Crippen LogP contribution in [0.4, 0.5) is 11.4 Å². The summed E-state index contributed by atoms with van der Waals surface area (Å²) in [6.07, 6.45) is 0. The van der Waals surface area contributed by atoms with Gasteiger partial charge in [-0.2, -0.15) is 0 Å². The quantitative estimate of drug-likeness (QED) is 0.795. The van der Waals surface area contributed by atoms with E-state index in [9.17, 15) is 14.7 Å². The Kier molecular flexibility index (Phi) is 5.76. The van der Waals surface area contributed by atoms with Crippen LogP contribution in [0.25, 0.3) is 0 Å². The van der Waals surface area contributed by atoms with Crippen LogP contribution in [-0.2, 0) is 4.79 Å². The van der Waals surface area contributed by atoms with Crippen molar-refractivity contribution in [3.8, 4) is 5.75 Å². The molecule has 3 rings (SSSR count). The van der Waals surface area contributed by atoms with E-state index >= 15 is 0 Å². The number of phenolic OH excluding ortho intramolecular Hbond substituents is 1. The number of rotatable bonds is 5. The van der Waals surface area contributed by atoms with E-state index in [1.165, 1.54) is 6.92 Å². The summed E-state index contributed by atoms with van der Waals surface area (Å²) in [6, 6.07) is 13.9.